The zero-order valence-corrected chi connectivity index (χ0v) is 14.3. The topological polar surface area (TPSA) is 23.5 Å². The molecule has 2 nitrogen and oxygen atoms in total. The fourth-order valence-corrected chi connectivity index (χ4v) is 4.87. The van der Waals surface area contributed by atoms with E-state index >= 15 is 0 Å². The van der Waals surface area contributed by atoms with Crippen molar-refractivity contribution in [1.29, 1.82) is 0 Å². The number of rotatable bonds is 6. The fourth-order valence-electron chi connectivity index (χ4n) is 3.38. The lowest BCUT2D eigenvalue weighted by molar-refractivity contribution is -0.0266. The number of aliphatic hydroxyl groups is 1. The molecule has 1 saturated heterocycles. The van der Waals surface area contributed by atoms with Gasteiger partial charge in [-0.25, -0.2) is 0 Å². The Labute approximate surface area is 129 Å². The van der Waals surface area contributed by atoms with E-state index in [4.69, 9.17) is 0 Å². The molecule has 2 rings (SSSR count). The molecule has 2 heterocycles. The standard InChI is InChI=1S/C15H24BrNOS/c1-3-15(4-2,17-7-5-6-8-17)14(18)10-13-9-12(16)11-19-13/h9,11,14,18H,3-8,10H2,1-2H3. The Morgan fingerprint density at radius 1 is 1.37 bits per heavy atom. The van der Waals surface area contributed by atoms with E-state index in [1.54, 1.807) is 11.3 Å². The highest BCUT2D eigenvalue weighted by Gasteiger charge is 2.41. The smallest absolute Gasteiger partial charge is 0.0771 e. The van der Waals surface area contributed by atoms with E-state index in [9.17, 15) is 5.11 Å². The maximum atomic E-state index is 10.8. The Bertz CT molecular complexity index is 397. The summed E-state index contributed by atoms with van der Waals surface area (Å²) in [7, 11) is 0. The molecule has 0 aromatic carbocycles. The Morgan fingerprint density at radius 3 is 2.47 bits per heavy atom. The minimum atomic E-state index is -0.272. The average molecular weight is 346 g/mol. The second-order valence-corrected chi connectivity index (χ2v) is 7.37. The van der Waals surface area contributed by atoms with Crippen LogP contribution in [0.4, 0.5) is 0 Å². The summed E-state index contributed by atoms with van der Waals surface area (Å²) >= 11 is 5.22. The van der Waals surface area contributed by atoms with Gasteiger partial charge < -0.3 is 5.11 Å². The first-order valence-electron chi connectivity index (χ1n) is 7.28. The Hall–Kier alpha value is 0.1000. The van der Waals surface area contributed by atoms with E-state index in [2.05, 4.69) is 46.1 Å². The molecule has 1 aliphatic heterocycles. The van der Waals surface area contributed by atoms with Crippen molar-refractivity contribution in [1.82, 2.24) is 4.90 Å². The summed E-state index contributed by atoms with van der Waals surface area (Å²) in [5.74, 6) is 0. The minimum Gasteiger partial charge on any atom is -0.391 e. The molecule has 4 heteroatoms. The van der Waals surface area contributed by atoms with Crippen molar-refractivity contribution in [3.63, 3.8) is 0 Å². The number of aliphatic hydroxyl groups excluding tert-OH is 1. The van der Waals surface area contributed by atoms with Crippen molar-refractivity contribution in [3.05, 3.63) is 20.8 Å². The van der Waals surface area contributed by atoms with Crippen LogP contribution in [0.25, 0.3) is 0 Å². The van der Waals surface area contributed by atoms with Gasteiger partial charge in [-0.1, -0.05) is 13.8 Å². The lowest BCUT2D eigenvalue weighted by Gasteiger charge is -2.44. The van der Waals surface area contributed by atoms with Gasteiger partial charge in [0.05, 0.1) is 6.10 Å². The molecule has 1 aliphatic rings. The van der Waals surface area contributed by atoms with Crippen LogP contribution >= 0.6 is 27.3 Å². The van der Waals surface area contributed by atoms with Crippen molar-refractivity contribution < 1.29 is 5.11 Å². The van der Waals surface area contributed by atoms with Crippen molar-refractivity contribution in [2.45, 2.75) is 57.6 Å². The molecule has 19 heavy (non-hydrogen) atoms. The van der Waals surface area contributed by atoms with E-state index in [1.165, 1.54) is 17.7 Å². The lowest BCUT2D eigenvalue weighted by atomic mass is 9.83. The summed E-state index contributed by atoms with van der Waals surface area (Å²) in [5.41, 5.74) is -0.0348. The summed E-state index contributed by atoms with van der Waals surface area (Å²) in [6, 6.07) is 2.13. The zero-order valence-electron chi connectivity index (χ0n) is 11.9. The first-order chi connectivity index (χ1) is 9.12. The van der Waals surface area contributed by atoms with Crippen LogP contribution in [0.5, 0.6) is 0 Å². The Morgan fingerprint density at radius 2 is 2.00 bits per heavy atom. The van der Waals surface area contributed by atoms with Crippen molar-refractivity contribution in [2.75, 3.05) is 13.1 Å². The fraction of sp³-hybridized carbons (Fsp3) is 0.733. The molecule has 0 aliphatic carbocycles. The summed E-state index contributed by atoms with van der Waals surface area (Å²) < 4.78 is 1.12. The van der Waals surface area contributed by atoms with Gasteiger partial charge in [-0.3, -0.25) is 4.90 Å². The summed E-state index contributed by atoms with van der Waals surface area (Å²) in [6.07, 6.45) is 5.10. The van der Waals surface area contributed by atoms with E-state index in [-0.39, 0.29) is 11.6 Å². The molecule has 0 amide bonds. The van der Waals surface area contributed by atoms with Gasteiger partial charge >= 0.3 is 0 Å². The second-order valence-electron chi connectivity index (χ2n) is 5.46. The van der Waals surface area contributed by atoms with Crippen molar-refractivity contribution in [3.8, 4) is 0 Å². The van der Waals surface area contributed by atoms with Crippen LogP contribution in [-0.4, -0.2) is 34.7 Å². The maximum Gasteiger partial charge on any atom is 0.0771 e. The molecule has 1 aromatic heterocycles. The van der Waals surface area contributed by atoms with Crippen molar-refractivity contribution in [2.24, 2.45) is 0 Å². The predicted molar refractivity (Wildman–Crippen MR) is 85.8 cm³/mol. The van der Waals surface area contributed by atoms with Gasteiger partial charge in [0.15, 0.2) is 0 Å². The molecule has 1 unspecified atom stereocenters. The largest absolute Gasteiger partial charge is 0.391 e. The summed E-state index contributed by atoms with van der Waals surface area (Å²) in [5, 5.41) is 12.9. The van der Waals surface area contributed by atoms with E-state index in [0.29, 0.717) is 0 Å². The van der Waals surface area contributed by atoms with E-state index < -0.39 is 0 Å². The maximum absolute atomic E-state index is 10.8. The Balaban J connectivity index is 2.13. The monoisotopic (exact) mass is 345 g/mol. The third-order valence-corrected chi connectivity index (χ3v) is 6.32. The van der Waals surface area contributed by atoms with Gasteiger partial charge in [-0.15, -0.1) is 11.3 Å². The molecule has 0 spiro atoms. The molecule has 0 saturated carbocycles. The van der Waals surface area contributed by atoms with Crippen molar-refractivity contribution >= 4 is 27.3 Å². The van der Waals surface area contributed by atoms with Crippen LogP contribution in [0.1, 0.15) is 44.4 Å². The molecule has 1 fully saturated rings. The highest BCUT2D eigenvalue weighted by atomic mass is 79.9. The number of nitrogens with zero attached hydrogens (tertiary/aromatic N) is 1. The van der Waals surface area contributed by atoms with Gasteiger partial charge in [0.25, 0.3) is 0 Å². The van der Waals surface area contributed by atoms with E-state index in [0.717, 1.165) is 36.8 Å². The van der Waals surface area contributed by atoms with E-state index in [1.807, 2.05) is 0 Å². The van der Waals surface area contributed by atoms with Gasteiger partial charge in [-0.05, 0) is 60.8 Å². The number of hydrogen-bond donors (Lipinski definition) is 1. The molecule has 108 valence electrons. The number of thiophene rings is 1. The molecular weight excluding hydrogens is 322 g/mol. The Kier molecular flexibility index (Phi) is 5.46. The predicted octanol–water partition coefficient (Wildman–Crippen LogP) is 4.07. The molecule has 1 N–H and O–H groups in total. The molecular formula is C15H24BrNOS. The second kappa shape index (κ2) is 6.70. The number of hydrogen-bond acceptors (Lipinski definition) is 3. The number of likely N-dealkylation sites (tertiary alicyclic amines) is 1. The highest BCUT2D eigenvalue weighted by molar-refractivity contribution is 9.10. The molecule has 0 bridgehead atoms. The number of halogens is 1. The van der Waals surface area contributed by atoms with Crippen LogP contribution in [0.15, 0.2) is 15.9 Å². The van der Waals surface area contributed by atoms with Gasteiger partial charge in [0.1, 0.15) is 0 Å². The van der Waals surface area contributed by atoms with Gasteiger partial charge in [0, 0.05) is 26.7 Å². The van der Waals surface area contributed by atoms with Crippen LogP contribution in [0.3, 0.4) is 0 Å². The first kappa shape index (κ1) is 15.5. The third kappa shape index (κ3) is 3.23. The minimum absolute atomic E-state index is 0.0348. The van der Waals surface area contributed by atoms with Gasteiger partial charge in [0.2, 0.25) is 0 Å². The summed E-state index contributed by atoms with van der Waals surface area (Å²) in [4.78, 5) is 3.80. The summed E-state index contributed by atoms with van der Waals surface area (Å²) in [6.45, 7) is 6.73. The normalized spacial score (nSPS) is 18.9. The molecule has 0 radical (unpaired) electrons. The van der Waals surface area contributed by atoms with Crippen LogP contribution in [-0.2, 0) is 6.42 Å². The quantitative estimate of drug-likeness (QED) is 0.839. The van der Waals surface area contributed by atoms with Gasteiger partial charge in [-0.2, -0.15) is 0 Å². The third-order valence-electron chi connectivity index (χ3n) is 4.60. The first-order valence-corrected chi connectivity index (χ1v) is 8.95. The van der Waals surface area contributed by atoms with Crippen LogP contribution in [0, 0.1) is 0 Å². The molecule has 1 atom stereocenters. The molecule has 1 aromatic rings. The van der Waals surface area contributed by atoms with Crippen LogP contribution in [0.2, 0.25) is 0 Å². The highest BCUT2D eigenvalue weighted by Crippen LogP contribution is 2.34. The SMILES string of the molecule is CCC(CC)(C(O)Cc1cc(Br)cs1)N1CCCC1. The average Bonchev–Trinajstić information content (AvgIpc) is 3.04. The lowest BCUT2D eigenvalue weighted by Crippen LogP contribution is -2.55. The van der Waals surface area contributed by atoms with Crippen LogP contribution < -0.4 is 0 Å². The zero-order chi connectivity index (χ0) is 13.9.